The minimum atomic E-state index is -3.11. The second-order valence-electron chi connectivity index (χ2n) is 7.73. The fourth-order valence-electron chi connectivity index (χ4n) is 3.94. The summed E-state index contributed by atoms with van der Waals surface area (Å²) in [5, 5.41) is 0. The van der Waals surface area contributed by atoms with E-state index < -0.39 is 15.8 Å². The van der Waals surface area contributed by atoms with Crippen LogP contribution in [-0.4, -0.2) is 65.8 Å². The van der Waals surface area contributed by atoms with Crippen molar-refractivity contribution in [2.24, 2.45) is 5.92 Å². The van der Waals surface area contributed by atoms with Crippen molar-refractivity contribution in [3.05, 3.63) is 36.3 Å². The summed E-state index contributed by atoms with van der Waals surface area (Å²) >= 11 is 0. The van der Waals surface area contributed by atoms with Crippen LogP contribution < -0.4 is 4.90 Å². The number of anilines is 1. The summed E-state index contributed by atoms with van der Waals surface area (Å²) < 4.78 is 23.5. The summed E-state index contributed by atoms with van der Waals surface area (Å²) in [6.45, 7) is 2.14. The number of aromatic nitrogens is 3. The van der Waals surface area contributed by atoms with Crippen LogP contribution in [0.3, 0.4) is 0 Å². The van der Waals surface area contributed by atoms with Crippen molar-refractivity contribution in [1.82, 2.24) is 19.9 Å². The first-order valence-electron chi connectivity index (χ1n) is 9.90. The molecule has 0 N–H and O–H groups in total. The molecule has 0 saturated carbocycles. The lowest BCUT2D eigenvalue weighted by atomic mass is 10.1. The SMILES string of the molecule is CN(Cc1nc(N2CCCC2)ncc1-c1ccccn1)C(=O)[C@@H]1CCS(=O)(=O)C1. The van der Waals surface area contributed by atoms with Gasteiger partial charge in [-0.05, 0) is 31.4 Å². The summed E-state index contributed by atoms with van der Waals surface area (Å²) in [4.78, 5) is 30.3. The Bertz CT molecular complexity index is 990. The molecule has 8 nitrogen and oxygen atoms in total. The van der Waals surface area contributed by atoms with E-state index >= 15 is 0 Å². The van der Waals surface area contributed by atoms with Crippen molar-refractivity contribution >= 4 is 21.7 Å². The molecule has 0 bridgehead atoms. The standard InChI is InChI=1S/C20H25N5O3S/c1-24(19(26)15-7-11-29(27,28)14-15)13-18-16(17-6-2-3-8-21-17)12-22-20(23-18)25-9-4-5-10-25/h2-3,6,8,12,15H,4-5,7,9-11,13-14H2,1H3/t15-/m1/s1. The van der Waals surface area contributed by atoms with Crippen LogP contribution in [-0.2, 0) is 21.2 Å². The van der Waals surface area contributed by atoms with Gasteiger partial charge in [0.15, 0.2) is 9.84 Å². The minimum Gasteiger partial charge on any atom is -0.341 e. The maximum Gasteiger partial charge on any atom is 0.226 e. The zero-order chi connectivity index (χ0) is 20.4. The van der Waals surface area contributed by atoms with Gasteiger partial charge in [-0.25, -0.2) is 18.4 Å². The molecule has 2 saturated heterocycles. The van der Waals surface area contributed by atoms with Gasteiger partial charge in [0, 0.05) is 38.1 Å². The third-order valence-corrected chi connectivity index (χ3v) is 7.30. The van der Waals surface area contributed by atoms with Crippen molar-refractivity contribution in [2.45, 2.75) is 25.8 Å². The normalized spacial score (nSPS) is 20.7. The maximum absolute atomic E-state index is 12.8. The van der Waals surface area contributed by atoms with Crippen LogP contribution in [0.2, 0.25) is 0 Å². The Hall–Kier alpha value is -2.55. The number of sulfone groups is 1. The van der Waals surface area contributed by atoms with Gasteiger partial charge in [0.05, 0.1) is 35.4 Å². The van der Waals surface area contributed by atoms with Gasteiger partial charge in [-0.15, -0.1) is 0 Å². The third-order valence-electron chi connectivity index (χ3n) is 5.53. The highest BCUT2D eigenvalue weighted by atomic mass is 32.2. The van der Waals surface area contributed by atoms with E-state index in [4.69, 9.17) is 4.98 Å². The second-order valence-corrected chi connectivity index (χ2v) is 9.96. The van der Waals surface area contributed by atoms with Crippen molar-refractivity contribution in [3.8, 4) is 11.3 Å². The fraction of sp³-hybridized carbons (Fsp3) is 0.500. The highest BCUT2D eigenvalue weighted by molar-refractivity contribution is 7.91. The van der Waals surface area contributed by atoms with Crippen LogP contribution in [0.15, 0.2) is 30.6 Å². The summed E-state index contributed by atoms with van der Waals surface area (Å²) in [5.41, 5.74) is 2.25. The van der Waals surface area contributed by atoms with E-state index in [-0.39, 0.29) is 24.0 Å². The maximum atomic E-state index is 12.8. The number of pyridine rings is 1. The molecule has 0 aromatic carbocycles. The Morgan fingerprint density at radius 3 is 2.69 bits per heavy atom. The van der Waals surface area contributed by atoms with Crippen LogP contribution in [0.1, 0.15) is 25.0 Å². The number of hydrogen-bond acceptors (Lipinski definition) is 7. The largest absolute Gasteiger partial charge is 0.341 e. The minimum absolute atomic E-state index is 0.0634. The molecule has 29 heavy (non-hydrogen) atoms. The topological polar surface area (TPSA) is 96.4 Å². The molecule has 2 aliphatic rings. The lowest BCUT2D eigenvalue weighted by Crippen LogP contribution is -2.33. The molecular formula is C20H25N5O3S. The average molecular weight is 416 g/mol. The average Bonchev–Trinajstić information content (AvgIpc) is 3.37. The summed E-state index contributed by atoms with van der Waals surface area (Å²) in [7, 11) is -1.40. The second kappa shape index (κ2) is 8.06. The monoisotopic (exact) mass is 415 g/mol. The zero-order valence-electron chi connectivity index (χ0n) is 16.5. The van der Waals surface area contributed by atoms with Crippen molar-refractivity contribution in [1.29, 1.82) is 0 Å². The van der Waals surface area contributed by atoms with Crippen LogP contribution in [0, 0.1) is 5.92 Å². The molecule has 2 aromatic rings. The lowest BCUT2D eigenvalue weighted by molar-refractivity contribution is -0.133. The van der Waals surface area contributed by atoms with Gasteiger partial charge in [0.25, 0.3) is 0 Å². The van der Waals surface area contributed by atoms with Gasteiger partial charge in [0.2, 0.25) is 11.9 Å². The molecule has 2 aliphatic heterocycles. The highest BCUT2D eigenvalue weighted by Crippen LogP contribution is 2.26. The van der Waals surface area contributed by atoms with E-state index in [1.807, 2.05) is 18.2 Å². The van der Waals surface area contributed by atoms with Crippen LogP contribution in [0.5, 0.6) is 0 Å². The zero-order valence-corrected chi connectivity index (χ0v) is 17.3. The Labute approximate surface area is 170 Å². The van der Waals surface area contributed by atoms with Crippen molar-refractivity contribution < 1.29 is 13.2 Å². The predicted molar refractivity (Wildman–Crippen MR) is 110 cm³/mol. The number of carbonyl (C=O) groups is 1. The summed E-state index contributed by atoms with van der Waals surface area (Å²) in [5.74, 6) is 0.0683. The van der Waals surface area contributed by atoms with E-state index in [1.54, 1.807) is 24.3 Å². The van der Waals surface area contributed by atoms with E-state index in [2.05, 4.69) is 14.9 Å². The predicted octanol–water partition coefficient (Wildman–Crippen LogP) is 1.53. The van der Waals surface area contributed by atoms with Gasteiger partial charge < -0.3 is 9.80 Å². The molecule has 9 heteroatoms. The van der Waals surface area contributed by atoms with E-state index in [9.17, 15) is 13.2 Å². The Morgan fingerprint density at radius 2 is 2.03 bits per heavy atom. The molecule has 2 fully saturated rings. The molecule has 0 spiro atoms. The quantitative estimate of drug-likeness (QED) is 0.731. The number of amides is 1. The van der Waals surface area contributed by atoms with Gasteiger partial charge in [-0.2, -0.15) is 0 Å². The summed E-state index contributed by atoms with van der Waals surface area (Å²) in [6.07, 6.45) is 6.12. The Balaban J connectivity index is 1.61. The number of carbonyl (C=O) groups excluding carboxylic acids is 1. The molecule has 0 radical (unpaired) electrons. The Kier molecular flexibility index (Phi) is 5.49. The molecule has 4 rings (SSSR count). The van der Waals surface area contributed by atoms with Gasteiger partial charge in [0.1, 0.15) is 0 Å². The first kappa shape index (κ1) is 19.8. The number of rotatable bonds is 5. The van der Waals surface area contributed by atoms with Gasteiger partial charge >= 0.3 is 0 Å². The third kappa shape index (κ3) is 4.39. The molecule has 2 aromatic heterocycles. The molecule has 154 valence electrons. The molecule has 1 atom stereocenters. The van der Waals surface area contributed by atoms with Crippen LogP contribution >= 0.6 is 0 Å². The number of hydrogen-bond donors (Lipinski definition) is 0. The lowest BCUT2D eigenvalue weighted by Gasteiger charge is -2.23. The molecule has 4 heterocycles. The van der Waals surface area contributed by atoms with Crippen molar-refractivity contribution in [3.63, 3.8) is 0 Å². The molecule has 0 aliphatic carbocycles. The van der Waals surface area contributed by atoms with Crippen LogP contribution in [0.25, 0.3) is 11.3 Å². The Morgan fingerprint density at radius 1 is 1.24 bits per heavy atom. The summed E-state index contributed by atoms with van der Waals surface area (Å²) in [6, 6.07) is 5.64. The smallest absolute Gasteiger partial charge is 0.226 e. The van der Waals surface area contributed by atoms with Crippen molar-refractivity contribution in [2.75, 3.05) is 36.5 Å². The van der Waals surface area contributed by atoms with E-state index in [0.717, 1.165) is 42.9 Å². The first-order valence-corrected chi connectivity index (χ1v) is 11.7. The van der Waals surface area contributed by atoms with E-state index in [1.165, 1.54) is 0 Å². The van der Waals surface area contributed by atoms with Gasteiger partial charge in [-0.1, -0.05) is 6.07 Å². The number of nitrogens with zero attached hydrogens (tertiary/aromatic N) is 5. The fourth-order valence-corrected chi connectivity index (χ4v) is 5.67. The van der Waals surface area contributed by atoms with Gasteiger partial charge in [-0.3, -0.25) is 9.78 Å². The highest BCUT2D eigenvalue weighted by Gasteiger charge is 2.34. The molecule has 1 amide bonds. The first-order chi connectivity index (χ1) is 13.9. The molecule has 0 unspecified atom stereocenters. The van der Waals surface area contributed by atoms with Crippen LogP contribution in [0.4, 0.5) is 5.95 Å². The van der Waals surface area contributed by atoms with E-state index in [0.29, 0.717) is 12.4 Å². The molecular weight excluding hydrogens is 390 g/mol.